The molecule has 0 radical (unpaired) electrons. The van der Waals surface area contributed by atoms with Crippen molar-refractivity contribution in [1.29, 1.82) is 0 Å². The van der Waals surface area contributed by atoms with E-state index >= 15 is 0 Å². The molecule has 0 saturated carbocycles. The van der Waals surface area contributed by atoms with Gasteiger partial charge in [-0.15, -0.1) is 11.3 Å². The van der Waals surface area contributed by atoms with Crippen molar-refractivity contribution in [3.63, 3.8) is 0 Å². The molecule has 10 heavy (non-hydrogen) atoms. The number of carbonyl (C=O) groups is 1. The van der Waals surface area contributed by atoms with E-state index < -0.39 is 0 Å². The maximum atomic E-state index is 10.6. The summed E-state index contributed by atoms with van der Waals surface area (Å²) < 4.78 is 0. The molecule has 4 heteroatoms. The highest BCUT2D eigenvalue weighted by Crippen LogP contribution is 2.25. The van der Waals surface area contributed by atoms with E-state index in [9.17, 15) is 4.79 Å². The highest BCUT2D eigenvalue weighted by atomic mass is 79.9. The third-order valence-electron chi connectivity index (χ3n) is 1.04. The molecule has 1 unspecified atom stereocenters. The summed E-state index contributed by atoms with van der Waals surface area (Å²) in [7, 11) is 0. The molecule has 0 bridgehead atoms. The minimum atomic E-state index is -0.345. The van der Waals surface area contributed by atoms with E-state index in [1.165, 1.54) is 11.3 Å². The van der Waals surface area contributed by atoms with Gasteiger partial charge < -0.3 is 5.73 Å². The highest BCUT2D eigenvalue weighted by molar-refractivity contribution is 9.09. The number of rotatable bonds is 2. The maximum Gasteiger partial charge on any atom is 0.236 e. The maximum absolute atomic E-state index is 10.6. The van der Waals surface area contributed by atoms with Crippen molar-refractivity contribution in [2.45, 2.75) is 4.83 Å². The zero-order valence-corrected chi connectivity index (χ0v) is 7.48. The normalized spacial score (nSPS) is 12.9. The van der Waals surface area contributed by atoms with Gasteiger partial charge in [-0.1, -0.05) is 22.0 Å². The molecule has 0 aliphatic carbocycles. The summed E-state index contributed by atoms with van der Waals surface area (Å²) in [4.78, 5) is 11.2. The van der Waals surface area contributed by atoms with Crippen molar-refractivity contribution >= 4 is 33.2 Å². The SMILES string of the molecule is NC(=O)C(Br)c1cccs1. The first kappa shape index (κ1) is 7.75. The van der Waals surface area contributed by atoms with Gasteiger partial charge in [0.15, 0.2) is 0 Å². The molecule has 1 rings (SSSR count). The molecule has 2 nitrogen and oxygen atoms in total. The molecule has 0 saturated heterocycles. The molecular formula is C6H6BrNOS. The molecule has 2 N–H and O–H groups in total. The second-order valence-corrected chi connectivity index (χ2v) is 3.68. The zero-order chi connectivity index (χ0) is 7.56. The molecule has 1 aromatic heterocycles. The second-order valence-electron chi connectivity index (χ2n) is 1.78. The molecule has 1 aromatic rings. The summed E-state index contributed by atoms with van der Waals surface area (Å²) in [5.74, 6) is -0.345. The Hall–Kier alpha value is -0.350. The summed E-state index contributed by atoms with van der Waals surface area (Å²) >= 11 is 4.68. The van der Waals surface area contributed by atoms with Crippen LogP contribution in [0.25, 0.3) is 0 Å². The second kappa shape index (κ2) is 3.16. The van der Waals surface area contributed by atoms with Crippen molar-refractivity contribution in [3.8, 4) is 0 Å². The Morgan fingerprint density at radius 3 is 2.90 bits per heavy atom. The van der Waals surface area contributed by atoms with Gasteiger partial charge in [-0.25, -0.2) is 0 Å². The van der Waals surface area contributed by atoms with Crippen molar-refractivity contribution in [2.75, 3.05) is 0 Å². The van der Waals surface area contributed by atoms with Crippen LogP contribution in [0.1, 0.15) is 9.70 Å². The van der Waals surface area contributed by atoms with Crippen LogP contribution in [0.5, 0.6) is 0 Å². The smallest absolute Gasteiger partial charge is 0.236 e. The molecule has 0 aliphatic rings. The molecule has 0 spiro atoms. The minimum absolute atomic E-state index is 0.326. The topological polar surface area (TPSA) is 43.1 Å². The number of alkyl halides is 1. The van der Waals surface area contributed by atoms with Gasteiger partial charge in [0.1, 0.15) is 4.83 Å². The average molecular weight is 220 g/mol. The van der Waals surface area contributed by atoms with Crippen LogP contribution in [-0.4, -0.2) is 5.91 Å². The third-order valence-corrected chi connectivity index (χ3v) is 3.23. The summed E-state index contributed by atoms with van der Waals surface area (Å²) in [6.07, 6.45) is 0. The number of primary amides is 1. The molecule has 1 amide bonds. The third kappa shape index (κ3) is 1.58. The number of hydrogen-bond acceptors (Lipinski definition) is 2. The Balaban J connectivity index is 2.77. The summed E-state index contributed by atoms with van der Waals surface area (Å²) in [5.41, 5.74) is 5.05. The zero-order valence-electron chi connectivity index (χ0n) is 5.08. The van der Waals surface area contributed by atoms with Crippen molar-refractivity contribution in [1.82, 2.24) is 0 Å². The molecule has 54 valence electrons. The van der Waals surface area contributed by atoms with Gasteiger partial charge in [-0.3, -0.25) is 4.79 Å². The Labute approximate surface area is 71.2 Å². The van der Waals surface area contributed by atoms with E-state index in [1.807, 2.05) is 17.5 Å². The Bertz CT molecular complexity index is 222. The quantitative estimate of drug-likeness (QED) is 0.757. The number of hydrogen-bond donors (Lipinski definition) is 1. The minimum Gasteiger partial charge on any atom is -0.368 e. The summed E-state index contributed by atoms with van der Waals surface area (Å²) in [6.45, 7) is 0. The molecule has 1 atom stereocenters. The van der Waals surface area contributed by atoms with Crippen LogP contribution < -0.4 is 5.73 Å². The van der Waals surface area contributed by atoms with Gasteiger partial charge in [0, 0.05) is 4.88 Å². The molecular weight excluding hydrogens is 214 g/mol. The number of nitrogens with two attached hydrogens (primary N) is 1. The lowest BCUT2D eigenvalue weighted by molar-refractivity contribution is -0.117. The predicted molar refractivity (Wildman–Crippen MR) is 45.2 cm³/mol. The van der Waals surface area contributed by atoms with Gasteiger partial charge in [-0.2, -0.15) is 0 Å². The van der Waals surface area contributed by atoms with Crippen LogP contribution in [0.4, 0.5) is 0 Å². The average Bonchev–Trinajstić information content (AvgIpc) is 2.36. The number of thiophene rings is 1. The molecule has 0 aliphatic heterocycles. The van der Waals surface area contributed by atoms with E-state index in [0.29, 0.717) is 0 Å². The Morgan fingerprint density at radius 2 is 2.50 bits per heavy atom. The molecule has 0 fully saturated rings. The van der Waals surface area contributed by atoms with Crippen LogP contribution in [0, 0.1) is 0 Å². The summed E-state index contributed by atoms with van der Waals surface area (Å²) in [6, 6.07) is 3.76. The first-order valence-corrected chi connectivity index (χ1v) is 4.48. The fourth-order valence-electron chi connectivity index (χ4n) is 0.576. The van der Waals surface area contributed by atoms with Gasteiger partial charge >= 0.3 is 0 Å². The van der Waals surface area contributed by atoms with Gasteiger partial charge in [0.05, 0.1) is 0 Å². The molecule has 0 aromatic carbocycles. The van der Waals surface area contributed by atoms with E-state index in [0.717, 1.165) is 4.88 Å². The largest absolute Gasteiger partial charge is 0.368 e. The van der Waals surface area contributed by atoms with Gasteiger partial charge in [0.25, 0.3) is 0 Å². The van der Waals surface area contributed by atoms with Gasteiger partial charge in [0.2, 0.25) is 5.91 Å². The van der Waals surface area contributed by atoms with Gasteiger partial charge in [-0.05, 0) is 11.4 Å². The van der Waals surface area contributed by atoms with E-state index in [1.54, 1.807) is 0 Å². The Morgan fingerprint density at radius 1 is 1.80 bits per heavy atom. The lowest BCUT2D eigenvalue weighted by atomic mass is 10.3. The predicted octanol–water partition coefficient (Wildman–Crippen LogP) is 1.67. The molecule has 1 heterocycles. The van der Waals surface area contributed by atoms with E-state index in [-0.39, 0.29) is 10.7 Å². The standard InChI is InChI=1S/C6H6BrNOS/c7-5(6(8)9)4-2-1-3-10-4/h1-3,5H,(H2,8,9). The lowest BCUT2D eigenvalue weighted by Crippen LogP contribution is -2.15. The first-order valence-electron chi connectivity index (χ1n) is 2.68. The van der Waals surface area contributed by atoms with Crippen LogP contribution in [0.15, 0.2) is 17.5 Å². The van der Waals surface area contributed by atoms with Crippen LogP contribution in [0.3, 0.4) is 0 Å². The summed E-state index contributed by atoms with van der Waals surface area (Å²) in [5, 5.41) is 1.91. The van der Waals surface area contributed by atoms with Crippen molar-refractivity contribution < 1.29 is 4.79 Å². The monoisotopic (exact) mass is 219 g/mol. The van der Waals surface area contributed by atoms with E-state index in [4.69, 9.17) is 5.73 Å². The fourth-order valence-corrected chi connectivity index (χ4v) is 1.76. The lowest BCUT2D eigenvalue weighted by Gasteiger charge is -1.99. The van der Waals surface area contributed by atoms with Crippen LogP contribution in [-0.2, 0) is 4.79 Å². The first-order chi connectivity index (χ1) is 4.72. The fraction of sp³-hybridized carbons (Fsp3) is 0.167. The number of halogens is 1. The highest BCUT2D eigenvalue weighted by Gasteiger charge is 2.13. The number of amides is 1. The van der Waals surface area contributed by atoms with Crippen LogP contribution in [0.2, 0.25) is 0 Å². The van der Waals surface area contributed by atoms with E-state index in [2.05, 4.69) is 15.9 Å². The number of carbonyl (C=O) groups excluding carboxylic acids is 1. The van der Waals surface area contributed by atoms with Crippen molar-refractivity contribution in [3.05, 3.63) is 22.4 Å². The van der Waals surface area contributed by atoms with Crippen molar-refractivity contribution in [2.24, 2.45) is 5.73 Å². The van der Waals surface area contributed by atoms with Crippen LogP contribution >= 0.6 is 27.3 Å². The Kier molecular flexibility index (Phi) is 2.45.